The average Bonchev–Trinajstić information content (AvgIpc) is 3.34. The van der Waals surface area contributed by atoms with Gasteiger partial charge in [-0.25, -0.2) is 0 Å². The minimum atomic E-state index is -0.342. The SMILES string of the molecule is O=C1CC(N2CCN(Cc3ccccc3)CC2)C(=O)N1Cc1ccc2c(c1)OCO2. The largest absolute Gasteiger partial charge is 0.454 e. The zero-order chi connectivity index (χ0) is 20.5. The predicted molar refractivity (Wildman–Crippen MR) is 110 cm³/mol. The minimum Gasteiger partial charge on any atom is -0.454 e. The summed E-state index contributed by atoms with van der Waals surface area (Å²) in [5, 5.41) is 0. The van der Waals surface area contributed by atoms with Crippen LogP contribution in [-0.2, 0) is 22.7 Å². The Morgan fingerprint density at radius 2 is 1.60 bits per heavy atom. The van der Waals surface area contributed by atoms with Crippen LogP contribution in [-0.4, -0.2) is 65.5 Å². The molecule has 1 unspecified atom stereocenters. The summed E-state index contributed by atoms with van der Waals surface area (Å²) in [7, 11) is 0. The van der Waals surface area contributed by atoms with Crippen molar-refractivity contribution in [3.63, 3.8) is 0 Å². The number of piperazine rings is 1. The van der Waals surface area contributed by atoms with Gasteiger partial charge in [0, 0.05) is 32.7 Å². The highest BCUT2D eigenvalue weighted by atomic mass is 16.7. The van der Waals surface area contributed by atoms with Gasteiger partial charge >= 0.3 is 0 Å². The third kappa shape index (κ3) is 3.78. The van der Waals surface area contributed by atoms with E-state index in [2.05, 4.69) is 34.1 Å². The van der Waals surface area contributed by atoms with Gasteiger partial charge in [0.15, 0.2) is 11.5 Å². The van der Waals surface area contributed by atoms with Crippen LogP contribution < -0.4 is 9.47 Å². The molecule has 0 aliphatic carbocycles. The molecule has 2 aromatic carbocycles. The molecule has 3 aliphatic heterocycles. The smallest absolute Gasteiger partial charge is 0.247 e. The van der Waals surface area contributed by atoms with Gasteiger partial charge in [0.1, 0.15) is 0 Å². The van der Waals surface area contributed by atoms with E-state index in [0.29, 0.717) is 11.5 Å². The van der Waals surface area contributed by atoms with Crippen molar-refractivity contribution in [3.8, 4) is 11.5 Å². The van der Waals surface area contributed by atoms with Crippen molar-refractivity contribution in [3.05, 3.63) is 59.7 Å². The van der Waals surface area contributed by atoms with Crippen LogP contribution in [0.25, 0.3) is 0 Å². The Bertz CT molecular complexity index is 941. The van der Waals surface area contributed by atoms with E-state index in [1.54, 1.807) is 0 Å². The summed E-state index contributed by atoms with van der Waals surface area (Å²) in [4.78, 5) is 31.6. The van der Waals surface area contributed by atoms with E-state index in [4.69, 9.17) is 9.47 Å². The first-order chi connectivity index (χ1) is 14.7. The molecule has 3 heterocycles. The van der Waals surface area contributed by atoms with Crippen LogP contribution in [0, 0.1) is 0 Å². The number of likely N-dealkylation sites (tertiary alicyclic amines) is 1. The molecule has 0 aromatic heterocycles. The summed E-state index contributed by atoms with van der Waals surface area (Å²) in [6, 6.07) is 15.6. The summed E-state index contributed by atoms with van der Waals surface area (Å²) in [6.07, 6.45) is 0.266. The van der Waals surface area contributed by atoms with Gasteiger partial charge in [-0.2, -0.15) is 0 Å². The van der Waals surface area contributed by atoms with Crippen LogP contribution in [0.1, 0.15) is 17.5 Å². The summed E-state index contributed by atoms with van der Waals surface area (Å²) >= 11 is 0. The molecule has 7 heteroatoms. The Morgan fingerprint density at radius 1 is 0.833 bits per heavy atom. The van der Waals surface area contributed by atoms with Gasteiger partial charge in [-0.15, -0.1) is 0 Å². The highest BCUT2D eigenvalue weighted by Gasteiger charge is 2.42. The first-order valence-corrected chi connectivity index (χ1v) is 10.4. The van der Waals surface area contributed by atoms with Gasteiger partial charge in [0.05, 0.1) is 19.0 Å². The molecular weight excluding hydrogens is 382 g/mol. The summed E-state index contributed by atoms with van der Waals surface area (Å²) < 4.78 is 10.7. The van der Waals surface area contributed by atoms with E-state index in [-0.39, 0.29) is 37.6 Å². The van der Waals surface area contributed by atoms with E-state index in [9.17, 15) is 9.59 Å². The molecule has 156 valence electrons. The molecular formula is C23H25N3O4. The van der Waals surface area contributed by atoms with Crippen molar-refractivity contribution >= 4 is 11.8 Å². The van der Waals surface area contributed by atoms with Gasteiger partial charge in [-0.05, 0) is 23.3 Å². The van der Waals surface area contributed by atoms with Crippen molar-refractivity contribution < 1.29 is 19.1 Å². The van der Waals surface area contributed by atoms with E-state index in [1.165, 1.54) is 10.5 Å². The lowest BCUT2D eigenvalue weighted by atomic mass is 10.1. The highest BCUT2D eigenvalue weighted by molar-refractivity contribution is 6.05. The third-order valence-corrected chi connectivity index (χ3v) is 6.09. The van der Waals surface area contributed by atoms with Crippen LogP contribution in [0.4, 0.5) is 0 Å². The Hall–Kier alpha value is -2.90. The van der Waals surface area contributed by atoms with Crippen LogP contribution in [0.5, 0.6) is 11.5 Å². The summed E-state index contributed by atoms with van der Waals surface area (Å²) in [5.74, 6) is 1.17. The van der Waals surface area contributed by atoms with E-state index < -0.39 is 0 Å². The van der Waals surface area contributed by atoms with E-state index in [0.717, 1.165) is 38.3 Å². The topological polar surface area (TPSA) is 62.3 Å². The molecule has 0 saturated carbocycles. The molecule has 2 amide bonds. The number of hydrogen-bond donors (Lipinski definition) is 0. The lowest BCUT2D eigenvalue weighted by molar-refractivity contribution is -0.140. The highest BCUT2D eigenvalue weighted by Crippen LogP contribution is 2.33. The zero-order valence-corrected chi connectivity index (χ0v) is 16.8. The van der Waals surface area contributed by atoms with Crippen molar-refractivity contribution in [1.29, 1.82) is 0 Å². The number of hydrogen-bond acceptors (Lipinski definition) is 6. The molecule has 0 radical (unpaired) electrons. The standard InChI is InChI=1S/C23H25N3O4/c27-22-13-19(25-10-8-24(9-11-25)14-17-4-2-1-3-5-17)23(28)26(22)15-18-6-7-20-21(12-18)30-16-29-20/h1-7,12,19H,8-11,13-16H2. The number of carbonyl (C=O) groups is 2. The maximum Gasteiger partial charge on any atom is 0.247 e. The van der Waals surface area contributed by atoms with Gasteiger partial charge in [0.25, 0.3) is 0 Å². The normalized spacial score (nSPS) is 22.1. The van der Waals surface area contributed by atoms with Gasteiger partial charge in [-0.1, -0.05) is 36.4 Å². The summed E-state index contributed by atoms with van der Waals surface area (Å²) in [6.45, 7) is 4.80. The van der Waals surface area contributed by atoms with Gasteiger partial charge < -0.3 is 9.47 Å². The molecule has 0 bridgehead atoms. The maximum atomic E-state index is 13.0. The molecule has 30 heavy (non-hydrogen) atoms. The fraction of sp³-hybridized carbons (Fsp3) is 0.391. The lowest BCUT2D eigenvalue weighted by Gasteiger charge is -2.37. The number of imide groups is 1. The minimum absolute atomic E-state index is 0.0887. The predicted octanol–water partition coefficient (Wildman–Crippen LogP) is 1.86. The Kier molecular flexibility index (Phi) is 5.14. The van der Waals surface area contributed by atoms with Crippen molar-refractivity contribution in [2.75, 3.05) is 33.0 Å². The number of fused-ring (bicyclic) bond motifs is 1. The van der Waals surface area contributed by atoms with Crippen LogP contribution in [0.2, 0.25) is 0 Å². The fourth-order valence-electron chi connectivity index (χ4n) is 4.41. The molecule has 0 spiro atoms. The maximum absolute atomic E-state index is 13.0. The van der Waals surface area contributed by atoms with Gasteiger partial charge in [0.2, 0.25) is 18.6 Å². The van der Waals surface area contributed by atoms with Crippen LogP contribution in [0.3, 0.4) is 0 Å². The van der Waals surface area contributed by atoms with E-state index >= 15 is 0 Å². The fourth-order valence-corrected chi connectivity index (χ4v) is 4.41. The van der Waals surface area contributed by atoms with Crippen molar-refractivity contribution in [1.82, 2.24) is 14.7 Å². The first kappa shape index (κ1) is 19.1. The molecule has 2 aromatic rings. The Balaban J connectivity index is 1.19. The number of amides is 2. The molecule has 0 N–H and O–H groups in total. The number of ether oxygens (including phenoxy) is 2. The first-order valence-electron chi connectivity index (χ1n) is 10.4. The monoisotopic (exact) mass is 407 g/mol. The second-order valence-corrected chi connectivity index (χ2v) is 8.02. The Labute approximate surface area is 175 Å². The van der Waals surface area contributed by atoms with Crippen molar-refractivity contribution in [2.24, 2.45) is 0 Å². The number of benzene rings is 2. The molecule has 2 saturated heterocycles. The average molecular weight is 407 g/mol. The second kappa shape index (κ2) is 8.08. The second-order valence-electron chi connectivity index (χ2n) is 8.02. The summed E-state index contributed by atoms with van der Waals surface area (Å²) in [5.41, 5.74) is 2.17. The van der Waals surface area contributed by atoms with E-state index in [1.807, 2.05) is 24.3 Å². The molecule has 2 fully saturated rings. The number of carbonyl (C=O) groups excluding carboxylic acids is 2. The quantitative estimate of drug-likeness (QED) is 0.705. The molecule has 1 atom stereocenters. The van der Waals surface area contributed by atoms with Crippen molar-refractivity contribution in [2.45, 2.75) is 25.6 Å². The molecule has 3 aliphatic rings. The van der Waals surface area contributed by atoms with Crippen LogP contribution >= 0.6 is 0 Å². The molecule has 5 rings (SSSR count). The number of nitrogens with zero attached hydrogens (tertiary/aromatic N) is 3. The Morgan fingerprint density at radius 3 is 2.40 bits per heavy atom. The number of rotatable bonds is 5. The van der Waals surface area contributed by atoms with Crippen LogP contribution in [0.15, 0.2) is 48.5 Å². The van der Waals surface area contributed by atoms with Gasteiger partial charge in [-0.3, -0.25) is 24.3 Å². The zero-order valence-electron chi connectivity index (χ0n) is 16.8. The lowest BCUT2D eigenvalue weighted by Crippen LogP contribution is -2.52. The molecule has 7 nitrogen and oxygen atoms in total. The third-order valence-electron chi connectivity index (χ3n) is 6.09.